The van der Waals surface area contributed by atoms with E-state index < -0.39 is 16.6 Å². The molecular formula is C23H15F2N3O3S. The molecular weight excluding hydrogens is 436 g/mol. The minimum atomic E-state index is -0.851. The zero-order valence-electron chi connectivity index (χ0n) is 16.4. The fourth-order valence-electron chi connectivity index (χ4n) is 2.86. The van der Waals surface area contributed by atoms with Crippen molar-refractivity contribution in [2.75, 3.05) is 0 Å². The summed E-state index contributed by atoms with van der Waals surface area (Å²) in [6.45, 7) is 0. The predicted molar refractivity (Wildman–Crippen MR) is 117 cm³/mol. The van der Waals surface area contributed by atoms with Crippen molar-refractivity contribution in [2.24, 2.45) is 0 Å². The van der Waals surface area contributed by atoms with Crippen molar-refractivity contribution < 1.29 is 18.4 Å². The first-order valence-corrected chi connectivity index (χ1v) is 10.4. The summed E-state index contributed by atoms with van der Waals surface area (Å²) >= 11 is 1.26. The smallest absolute Gasteiger partial charge is 0.269 e. The van der Waals surface area contributed by atoms with E-state index in [1.54, 1.807) is 18.2 Å². The minimum absolute atomic E-state index is 0.00198. The number of nitro groups is 1. The Kier molecular flexibility index (Phi) is 6.37. The highest BCUT2D eigenvalue weighted by atomic mass is 32.2. The van der Waals surface area contributed by atoms with Crippen molar-refractivity contribution in [3.05, 3.63) is 106 Å². The Balaban J connectivity index is 1.64. The Morgan fingerprint density at radius 3 is 2.50 bits per heavy atom. The standard InChI is InChI=1S/C23H15F2N3O3S/c24-17-9-10-21(19(25)12-17)31-22-13-20(16-6-2-1-3-7-16)26-23(27-22)32-14-15-5-4-8-18(11-15)28(29)30/h1-13H,14H2. The predicted octanol–water partition coefficient (Wildman–Crippen LogP) is 6.41. The van der Waals surface area contributed by atoms with Gasteiger partial charge in [-0.05, 0) is 17.7 Å². The van der Waals surface area contributed by atoms with Crippen molar-refractivity contribution in [1.82, 2.24) is 9.97 Å². The summed E-state index contributed by atoms with van der Waals surface area (Å²) in [5.41, 5.74) is 2.08. The summed E-state index contributed by atoms with van der Waals surface area (Å²) in [5, 5.41) is 11.3. The molecule has 0 bridgehead atoms. The summed E-state index contributed by atoms with van der Waals surface area (Å²) in [4.78, 5) is 19.4. The van der Waals surface area contributed by atoms with Gasteiger partial charge < -0.3 is 4.74 Å². The van der Waals surface area contributed by atoms with Gasteiger partial charge in [0, 0.05) is 35.6 Å². The van der Waals surface area contributed by atoms with Crippen LogP contribution >= 0.6 is 11.8 Å². The normalized spacial score (nSPS) is 10.7. The van der Waals surface area contributed by atoms with Gasteiger partial charge in [0.15, 0.2) is 16.7 Å². The average molecular weight is 451 g/mol. The van der Waals surface area contributed by atoms with E-state index in [0.717, 1.165) is 23.3 Å². The first-order valence-electron chi connectivity index (χ1n) is 9.41. The molecule has 0 N–H and O–H groups in total. The number of non-ortho nitro benzene ring substituents is 1. The van der Waals surface area contributed by atoms with Crippen molar-refractivity contribution in [3.63, 3.8) is 0 Å². The molecule has 0 aliphatic carbocycles. The summed E-state index contributed by atoms with van der Waals surface area (Å²) in [7, 11) is 0. The summed E-state index contributed by atoms with van der Waals surface area (Å²) in [6.07, 6.45) is 0. The van der Waals surface area contributed by atoms with Crippen molar-refractivity contribution >= 4 is 17.4 Å². The zero-order valence-corrected chi connectivity index (χ0v) is 17.3. The lowest BCUT2D eigenvalue weighted by atomic mass is 10.1. The molecule has 6 nitrogen and oxygen atoms in total. The van der Waals surface area contributed by atoms with Crippen LogP contribution < -0.4 is 4.74 Å². The quantitative estimate of drug-likeness (QED) is 0.140. The van der Waals surface area contributed by atoms with Gasteiger partial charge in [-0.2, -0.15) is 4.98 Å². The lowest BCUT2D eigenvalue weighted by molar-refractivity contribution is -0.384. The van der Waals surface area contributed by atoms with Crippen LogP contribution in [0.4, 0.5) is 14.5 Å². The van der Waals surface area contributed by atoms with E-state index >= 15 is 0 Å². The number of ether oxygens (including phenoxy) is 1. The topological polar surface area (TPSA) is 78.2 Å². The number of nitrogens with zero attached hydrogens (tertiary/aromatic N) is 3. The average Bonchev–Trinajstić information content (AvgIpc) is 2.80. The van der Waals surface area contributed by atoms with Crippen LogP contribution in [0.3, 0.4) is 0 Å². The highest BCUT2D eigenvalue weighted by Gasteiger charge is 2.13. The Morgan fingerprint density at radius 1 is 0.938 bits per heavy atom. The number of thioether (sulfide) groups is 1. The van der Waals surface area contributed by atoms with Crippen LogP contribution in [0.25, 0.3) is 11.3 Å². The molecule has 0 fully saturated rings. The van der Waals surface area contributed by atoms with Gasteiger partial charge in [0.05, 0.1) is 10.6 Å². The SMILES string of the molecule is O=[N+]([O-])c1cccc(CSc2nc(Oc3ccc(F)cc3F)cc(-c3ccccc3)n2)c1. The maximum atomic E-state index is 14.1. The van der Waals surface area contributed by atoms with Crippen LogP contribution in [-0.4, -0.2) is 14.9 Å². The van der Waals surface area contributed by atoms with Crippen LogP contribution in [0.1, 0.15) is 5.56 Å². The Bertz CT molecular complexity index is 1270. The number of hydrogen-bond donors (Lipinski definition) is 0. The fourth-order valence-corrected chi connectivity index (χ4v) is 3.65. The van der Waals surface area contributed by atoms with Gasteiger partial charge in [0.1, 0.15) is 5.82 Å². The molecule has 3 aromatic carbocycles. The molecule has 4 rings (SSSR count). The van der Waals surface area contributed by atoms with Gasteiger partial charge >= 0.3 is 0 Å². The number of benzene rings is 3. The first kappa shape index (κ1) is 21.4. The molecule has 0 unspecified atom stereocenters. The molecule has 160 valence electrons. The molecule has 9 heteroatoms. The van der Waals surface area contributed by atoms with Crippen LogP contribution in [0.2, 0.25) is 0 Å². The van der Waals surface area contributed by atoms with E-state index in [1.165, 1.54) is 30.0 Å². The third kappa shape index (κ3) is 5.25. The fraction of sp³-hybridized carbons (Fsp3) is 0.0435. The molecule has 0 atom stereocenters. The van der Waals surface area contributed by atoms with Crippen LogP contribution in [0, 0.1) is 21.7 Å². The third-order valence-corrected chi connectivity index (χ3v) is 5.27. The van der Waals surface area contributed by atoms with Crippen molar-refractivity contribution in [3.8, 4) is 22.9 Å². The minimum Gasteiger partial charge on any atom is -0.436 e. The van der Waals surface area contributed by atoms with Crippen LogP contribution in [0.15, 0.2) is 84.0 Å². The van der Waals surface area contributed by atoms with Gasteiger partial charge in [-0.15, -0.1) is 0 Å². The summed E-state index contributed by atoms with van der Waals surface area (Å²) < 4.78 is 32.8. The number of aromatic nitrogens is 2. The number of hydrogen-bond acceptors (Lipinski definition) is 6. The van der Waals surface area contributed by atoms with Gasteiger partial charge in [-0.25, -0.2) is 13.8 Å². The number of rotatable bonds is 7. The second-order valence-corrected chi connectivity index (χ2v) is 7.58. The Labute approximate surface area is 186 Å². The molecule has 0 aliphatic heterocycles. The summed E-state index contributed by atoms with van der Waals surface area (Å²) in [6, 6.07) is 20.2. The highest BCUT2D eigenvalue weighted by molar-refractivity contribution is 7.98. The molecule has 0 radical (unpaired) electrons. The highest BCUT2D eigenvalue weighted by Crippen LogP contribution is 2.30. The molecule has 0 saturated carbocycles. The second-order valence-electron chi connectivity index (χ2n) is 6.63. The maximum Gasteiger partial charge on any atom is 0.269 e. The van der Waals surface area contributed by atoms with Crippen molar-refractivity contribution in [2.45, 2.75) is 10.9 Å². The van der Waals surface area contributed by atoms with Gasteiger partial charge in [0.2, 0.25) is 5.88 Å². The maximum absolute atomic E-state index is 14.1. The lowest BCUT2D eigenvalue weighted by Crippen LogP contribution is -1.97. The van der Waals surface area contributed by atoms with E-state index in [9.17, 15) is 18.9 Å². The second kappa shape index (κ2) is 9.52. The summed E-state index contributed by atoms with van der Waals surface area (Å²) in [5.74, 6) is -1.26. The molecule has 0 saturated heterocycles. The zero-order chi connectivity index (χ0) is 22.5. The van der Waals surface area contributed by atoms with Gasteiger partial charge in [-0.3, -0.25) is 10.1 Å². The Hall–Kier alpha value is -3.85. The van der Waals surface area contributed by atoms with E-state index in [4.69, 9.17) is 4.74 Å². The van der Waals surface area contributed by atoms with E-state index in [1.807, 2.05) is 30.3 Å². The molecule has 1 heterocycles. The van der Waals surface area contributed by atoms with E-state index in [-0.39, 0.29) is 17.3 Å². The van der Waals surface area contributed by atoms with Gasteiger partial charge in [-0.1, -0.05) is 54.2 Å². The largest absolute Gasteiger partial charge is 0.436 e. The first-order chi connectivity index (χ1) is 15.5. The Morgan fingerprint density at radius 2 is 1.75 bits per heavy atom. The van der Waals surface area contributed by atoms with Crippen LogP contribution in [-0.2, 0) is 5.75 Å². The number of halogens is 2. The number of nitro benzene ring substituents is 1. The molecule has 32 heavy (non-hydrogen) atoms. The third-order valence-electron chi connectivity index (χ3n) is 4.35. The molecule has 4 aromatic rings. The molecule has 1 aromatic heterocycles. The lowest BCUT2D eigenvalue weighted by Gasteiger charge is -2.10. The molecule has 0 aliphatic rings. The van der Waals surface area contributed by atoms with E-state index in [2.05, 4.69) is 9.97 Å². The van der Waals surface area contributed by atoms with Crippen molar-refractivity contribution in [1.29, 1.82) is 0 Å². The van der Waals surface area contributed by atoms with E-state index in [0.29, 0.717) is 16.6 Å². The van der Waals surface area contributed by atoms with Crippen LogP contribution in [0.5, 0.6) is 11.6 Å². The molecule has 0 spiro atoms. The van der Waals surface area contributed by atoms with Gasteiger partial charge in [0.25, 0.3) is 5.69 Å². The molecule has 0 amide bonds. The monoisotopic (exact) mass is 451 g/mol.